The number of aryl methyl sites for hydroxylation is 1. The molecule has 2 heterocycles. The maximum atomic E-state index is 12.5. The molecule has 0 aliphatic rings. The molecule has 1 N–H and O–H groups in total. The number of benzene rings is 1. The average molecular weight is 354 g/mol. The molecule has 0 aliphatic heterocycles. The number of hydrogen-bond donors (Lipinski definition) is 1. The molecule has 0 saturated carbocycles. The van der Waals surface area contributed by atoms with Crippen LogP contribution in [0.1, 0.15) is 38.4 Å². The van der Waals surface area contributed by atoms with Gasteiger partial charge >= 0.3 is 0 Å². The normalized spacial score (nSPS) is 10.9. The Morgan fingerprint density at radius 3 is 2.69 bits per heavy atom. The van der Waals surface area contributed by atoms with Crippen LogP contribution in [-0.2, 0) is 12.8 Å². The number of aromatic nitrogens is 4. The second kappa shape index (κ2) is 7.95. The van der Waals surface area contributed by atoms with Gasteiger partial charge in [0, 0.05) is 11.1 Å². The minimum Gasteiger partial charge on any atom is -0.493 e. The van der Waals surface area contributed by atoms with E-state index in [9.17, 15) is 4.79 Å². The lowest BCUT2D eigenvalue weighted by Crippen LogP contribution is -2.18. The van der Waals surface area contributed by atoms with E-state index in [1.54, 1.807) is 0 Å². The molecular weight excluding hydrogens is 332 g/mol. The van der Waals surface area contributed by atoms with Crippen LogP contribution in [-0.4, -0.2) is 26.8 Å². The third-order valence-electron chi connectivity index (χ3n) is 4.09. The average Bonchev–Trinajstić information content (AvgIpc) is 3.20. The summed E-state index contributed by atoms with van der Waals surface area (Å²) in [6, 6.07) is 5.53. The second-order valence-corrected chi connectivity index (χ2v) is 5.85. The molecule has 0 atom stereocenters. The molecule has 0 radical (unpaired) electrons. The molecule has 0 bridgehead atoms. The van der Waals surface area contributed by atoms with Crippen molar-refractivity contribution >= 4 is 0 Å². The van der Waals surface area contributed by atoms with Crippen LogP contribution in [0, 0.1) is 0 Å². The van der Waals surface area contributed by atoms with Gasteiger partial charge in [-0.15, -0.1) is 10.2 Å². The zero-order valence-electron chi connectivity index (χ0n) is 15.2. The van der Waals surface area contributed by atoms with Gasteiger partial charge in [0.25, 0.3) is 5.56 Å². The van der Waals surface area contributed by atoms with E-state index in [4.69, 9.17) is 9.15 Å². The number of nitrogens with zero attached hydrogens (tertiary/aromatic N) is 3. The third-order valence-corrected chi connectivity index (χ3v) is 4.09. The summed E-state index contributed by atoms with van der Waals surface area (Å²) in [4.78, 5) is 20.1. The molecule has 3 aromatic rings. The summed E-state index contributed by atoms with van der Waals surface area (Å²) < 4.78 is 11.1. The summed E-state index contributed by atoms with van der Waals surface area (Å²) in [6.45, 7) is 6.56. The molecule has 0 fully saturated rings. The van der Waals surface area contributed by atoms with E-state index < -0.39 is 0 Å². The van der Waals surface area contributed by atoms with Gasteiger partial charge in [-0.3, -0.25) is 4.79 Å². The van der Waals surface area contributed by atoms with Crippen LogP contribution in [0.3, 0.4) is 0 Å². The summed E-state index contributed by atoms with van der Waals surface area (Å²) in [5.41, 5.74) is 2.85. The predicted octanol–water partition coefficient (Wildman–Crippen LogP) is 3.40. The standard InChI is InChI=1S/C19H22N4O3/c1-4-9-25-16-8-7-12(19-23-20-11-26-19)10-14(16)17-21-15(6-3)13(5-2)18(24)22-17/h7-8,10-11H,4-6,9H2,1-3H3,(H,21,22,24). The van der Waals surface area contributed by atoms with Gasteiger partial charge in [-0.1, -0.05) is 20.8 Å². The molecule has 0 unspecified atom stereocenters. The number of aromatic amines is 1. The van der Waals surface area contributed by atoms with E-state index in [-0.39, 0.29) is 5.56 Å². The lowest BCUT2D eigenvalue weighted by Gasteiger charge is -2.13. The summed E-state index contributed by atoms with van der Waals surface area (Å²) in [6.07, 6.45) is 3.49. The van der Waals surface area contributed by atoms with Crippen molar-refractivity contribution in [2.45, 2.75) is 40.0 Å². The van der Waals surface area contributed by atoms with Crippen molar-refractivity contribution in [3.8, 4) is 28.6 Å². The fourth-order valence-electron chi connectivity index (χ4n) is 2.81. The van der Waals surface area contributed by atoms with Crippen LogP contribution in [0.2, 0.25) is 0 Å². The monoisotopic (exact) mass is 354 g/mol. The number of H-pyrrole nitrogens is 1. The van der Waals surface area contributed by atoms with Gasteiger partial charge in [0.15, 0.2) is 0 Å². The van der Waals surface area contributed by atoms with E-state index >= 15 is 0 Å². The quantitative estimate of drug-likeness (QED) is 0.699. The van der Waals surface area contributed by atoms with Crippen LogP contribution in [0.5, 0.6) is 5.75 Å². The molecule has 136 valence electrons. The lowest BCUT2D eigenvalue weighted by atomic mass is 10.1. The number of rotatable bonds is 7. The highest BCUT2D eigenvalue weighted by molar-refractivity contribution is 5.71. The van der Waals surface area contributed by atoms with E-state index in [0.717, 1.165) is 23.2 Å². The SMILES string of the molecule is CCCOc1ccc(-c2nnco2)cc1-c1nc(CC)c(CC)c(=O)[nH]1. The van der Waals surface area contributed by atoms with Crippen molar-refractivity contribution in [2.24, 2.45) is 0 Å². The molecule has 0 amide bonds. The Morgan fingerprint density at radius 2 is 2.04 bits per heavy atom. The Balaban J connectivity index is 2.16. The van der Waals surface area contributed by atoms with E-state index in [0.29, 0.717) is 42.5 Å². The summed E-state index contributed by atoms with van der Waals surface area (Å²) in [5, 5.41) is 7.66. The van der Waals surface area contributed by atoms with Gasteiger partial charge in [0.1, 0.15) is 11.6 Å². The van der Waals surface area contributed by atoms with Crippen molar-refractivity contribution < 1.29 is 9.15 Å². The number of hydrogen-bond acceptors (Lipinski definition) is 6. The Labute approximate surface area is 151 Å². The summed E-state index contributed by atoms with van der Waals surface area (Å²) in [5.74, 6) is 1.54. The molecule has 3 rings (SSSR count). The minimum absolute atomic E-state index is 0.112. The molecule has 0 spiro atoms. The second-order valence-electron chi connectivity index (χ2n) is 5.85. The predicted molar refractivity (Wildman–Crippen MR) is 98.1 cm³/mol. The molecular formula is C19H22N4O3. The largest absolute Gasteiger partial charge is 0.493 e. The van der Waals surface area contributed by atoms with Crippen LogP contribution in [0.4, 0.5) is 0 Å². The maximum Gasteiger partial charge on any atom is 0.254 e. The highest BCUT2D eigenvalue weighted by Gasteiger charge is 2.16. The van der Waals surface area contributed by atoms with Gasteiger partial charge in [-0.2, -0.15) is 0 Å². The van der Waals surface area contributed by atoms with Gasteiger partial charge < -0.3 is 14.1 Å². The minimum atomic E-state index is -0.112. The third kappa shape index (κ3) is 3.51. The highest BCUT2D eigenvalue weighted by Crippen LogP contribution is 2.32. The first-order valence-corrected chi connectivity index (χ1v) is 8.83. The van der Waals surface area contributed by atoms with Crippen molar-refractivity contribution in [2.75, 3.05) is 6.61 Å². The molecule has 0 aliphatic carbocycles. The van der Waals surface area contributed by atoms with Crippen molar-refractivity contribution in [1.29, 1.82) is 0 Å². The van der Waals surface area contributed by atoms with Crippen LogP contribution < -0.4 is 10.3 Å². The highest BCUT2D eigenvalue weighted by atomic mass is 16.5. The smallest absolute Gasteiger partial charge is 0.254 e. The summed E-state index contributed by atoms with van der Waals surface area (Å²) in [7, 11) is 0. The Bertz CT molecular complexity index is 932. The Kier molecular flexibility index (Phi) is 5.46. The van der Waals surface area contributed by atoms with Gasteiger partial charge in [-0.05, 0) is 37.5 Å². The van der Waals surface area contributed by atoms with Gasteiger partial charge in [-0.25, -0.2) is 4.98 Å². The maximum absolute atomic E-state index is 12.5. The van der Waals surface area contributed by atoms with Gasteiger partial charge in [0.2, 0.25) is 12.3 Å². The van der Waals surface area contributed by atoms with E-state index in [2.05, 4.69) is 20.2 Å². The van der Waals surface area contributed by atoms with Crippen molar-refractivity contribution in [1.82, 2.24) is 20.2 Å². The van der Waals surface area contributed by atoms with Crippen LogP contribution >= 0.6 is 0 Å². The van der Waals surface area contributed by atoms with Crippen molar-refractivity contribution in [3.05, 3.63) is 46.2 Å². The Hall–Kier alpha value is -2.96. The molecule has 0 saturated heterocycles. The first-order chi connectivity index (χ1) is 12.7. The Morgan fingerprint density at radius 1 is 1.19 bits per heavy atom. The molecule has 2 aromatic heterocycles. The van der Waals surface area contributed by atoms with Crippen LogP contribution in [0.25, 0.3) is 22.8 Å². The molecule has 1 aromatic carbocycles. The fourth-order valence-corrected chi connectivity index (χ4v) is 2.81. The topological polar surface area (TPSA) is 93.9 Å². The van der Waals surface area contributed by atoms with E-state index in [1.807, 2.05) is 39.0 Å². The van der Waals surface area contributed by atoms with Gasteiger partial charge in [0.05, 0.1) is 17.9 Å². The number of ether oxygens (including phenoxy) is 1. The van der Waals surface area contributed by atoms with Crippen LogP contribution in [0.15, 0.2) is 33.8 Å². The lowest BCUT2D eigenvalue weighted by molar-refractivity contribution is 0.318. The van der Waals surface area contributed by atoms with Crippen molar-refractivity contribution in [3.63, 3.8) is 0 Å². The molecule has 7 heteroatoms. The first-order valence-electron chi connectivity index (χ1n) is 8.83. The zero-order chi connectivity index (χ0) is 18.5. The zero-order valence-corrected chi connectivity index (χ0v) is 15.2. The fraction of sp³-hybridized carbons (Fsp3) is 0.368. The van der Waals surface area contributed by atoms with E-state index in [1.165, 1.54) is 6.39 Å². The molecule has 26 heavy (non-hydrogen) atoms. The first kappa shape index (κ1) is 17.8. The molecule has 7 nitrogen and oxygen atoms in total. The summed E-state index contributed by atoms with van der Waals surface area (Å²) >= 11 is 0. The number of nitrogens with one attached hydrogen (secondary N) is 1.